The summed E-state index contributed by atoms with van der Waals surface area (Å²) in [6.07, 6.45) is -1.47. The van der Waals surface area contributed by atoms with E-state index < -0.39 is 52.7 Å². The fourth-order valence-corrected chi connectivity index (χ4v) is 4.69. The molecular formula is C17H30O6. The van der Waals surface area contributed by atoms with Gasteiger partial charge in [0.15, 0.2) is 0 Å². The van der Waals surface area contributed by atoms with Gasteiger partial charge < -0.3 is 25.2 Å². The van der Waals surface area contributed by atoms with Gasteiger partial charge in [0.25, 0.3) is 0 Å². The summed E-state index contributed by atoms with van der Waals surface area (Å²) in [5.74, 6) is -1.44. The van der Waals surface area contributed by atoms with E-state index in [1.807, 2.05) is 6.92 Å². The SMILES string of the molecule is CC(=O)O[C@@H]1[C@H](C(C)(C)O)C[C@H]2[C@](C)(O)[C@@H](O)CC[C@]2(C)[C@H]1O. The molecule has 0 aromatic rings. The second kappa shape index (κ2) is 5.69. The number of rotatable bonds is 2. The molecule has 6 heteroatoms. The normalized spacial score (nSPS) is 47.8. The first-order chi connectivity index (χ1) is 10.3. The number of esters is 1. The lowest BCUT2D eigenvalue weighted by atomic mass is 9.49. The van der Waals surface area contributed by atoms with Crippen molar-refractivity contribution in [3.05, 3.63) is 0 Å². The maximum Gasteiger partial charge on any atom is 0.303 e. The highest BCUT2D eigenvalue weighted by Gasteiger charge is 2.63. The van der Waals surface area contributed by atoms with Gasteiger partial charge in [-0.15, -0.1) is 0 Å². The van der Waals surface area contributed by atoms with E-state index >= 15 is 0 Å². The van der Waals surface area contributed by atoms with Crippen LogP contribution in [-0.4, -0.2) is 55.9 Å². The zero-order valence-electron chi connectivity index (χ0n) is 14.6. The molecule has 2 aliphatic rings. The molecular weight excluding hydrogens is 300 g/mol. The van der Waals surface area contributed by atoms with Crippen molar-refractivity contribution in [1.82, 2.24) is 0 Å². The Bertz CT molecular complexity index is 468. The summed E-state index contributed by atoms with van der Waals surface area (Å²) in [6, 6.07) is 0. The van der Waals surface area contributed by atoms with Crippen molar-refractivity contribution in [2.24, 2.45) is 17.3 Å². The van der Waals surface area contributed by atoms with E-state index in [4.69, 9.17) is 4.74 Å². The lowest BCUT2D eigenvalue weighted by Gasteiger charge is -2.60. The molecule has 0 amide bonds. The van der Waals surface area contributed by atoms with Crippen LogP contribution >= 0.6 is 0 Å². The third kappa shape index (κ3) is 3.02. The molecule has 0 spiro atoms. The predicted molar refractivity (Wildman–Crippen MR) is 83.4 cm³/mol. The Labute approximate surface area is 137 Å². The zero-order chi connectivity index (χ0) is 17.8. The highest BCUT2D eigenvalue weighted by Crippen LogP contribution is 2.57. The molecule has 2 aliphatic carbocycles. The number of fused-ring (bicyclic) bond motifs is 1. The molecule has 6 nitrogen and oxygen atoms in total. The maximum atomic E-state index is 11.5. The number of aliphatic hydroxyl groups is 4. The lowest BCUT2D eigenvalue weighted by Crippen LogP contribution is -2.68. The Hall–Kier alpha value is -0.690. The van der Waals surface area contributed by atoms with Crippen molar-refractivity contribution < 1.29 is 30.0 Å². The van der Waals surface area contributed by atoms with Crippen LogP contribution in [0.2, 0.25) is 0 Å². The molecule has 4 N–H and O–H groups in total. The first-order valence-electron chi connectivity index (χ1n) is 8.30. The molecule has 2 rings (SSSR count). The number of hydrogen-bond acceptors (Lipinski definition) is 6. The van der Waals surface area contributed by atoms with Gasteiger partial charge in [-0.05, 0) is 46.0 Å². The largest absolute Gasteiger partial charge is 0.459 e. The van der Waals surface area contributed by atoms with Crippen molar-refractivity contribution in [2.45, 2.75) is 83.4 Å². The third-order valence-electron chi connectivity index (χ3n) is 6.22. The van der Waals surface area contributed by atoms with Crippen LogP contribution in [0, 0.1) is 17.3 Å². The molecule has 0 heterocycles. The first kappa shape index (κ1) is 18.6. The Kier molecular flexibility index (Phi) is 4.61. The average molecular weight is 330 g/mol. The molecule has 7 atom stereocenters. The number of ether oxygens (including phenoxy) is 1. The first-order valence-corrected chi connectivity index (χ1v) is 8.30. The van der Waals surface area contributed by atoms with Crippen molar-refractivity contribution in [3.8, 4) is 0 Å². The minimum absolute atomic E-state index is 0.360. The van der Waals surface area contributed by atoms with Crippen LogP contribution in [0.15, 0.2) is 0 Å². The minimum Gasteiger partial charge on any atom is -0.459 e. The van der Waals surface area contributed by atoms with Crippen molar-refractivity contribution >= 4 is 5.97 Å². The van der Waals surface area contributed by atoms with Gasteiger partial charge in [0.1, 0.15) is 6.10 Å². The van der Waals surface area contributed by atoms with E-state index in [9.17, 15) is 25.2 Å². The summed E-state index contributed by atoms with van der Waals surface area (Å²) in [4.78, 5) is 11.5. The van der Waals surface area contributed by atoms with Crippen LogP contribution in [0.3, 0.4) is 0 Å². The quantitative estimate of drug-likeness (QED) is 0.552. The smallest absolute Gasteiger partial charge is 0.303 e. The summed E-state index contributed by atoms with van der Waals surface area (Å²) in [5.41, 5.74) is -3.25. The summed E-state index contributed by atoms with van der Waals surface area (Å²) < 4.78 is 5.36. The Morgan fingerprint density at radius 1 is 1.26 bits per heavy atom. The topological polar surface area (TPSA) is 107 Å². The molecule has 0 aliphatic heterocycles. The van der Waals surface area contributed by atoms with Crippen LogP contribution in [0.1, 0.15) is 53.9 Å². The number of hydrogen-bond donors (Lipinski definition) is 4. The summed E-state index contributed by atoms with van der Waals surface area (Å²) in [5, 5.41) is 42.5. The fraction of sp³-hybridized carbons (Fsp3) is 0.941. The van der Waals surface area contributed by atoms with Gasteiger partial charge in [-0.1, -0.05) is 6.92 Å². The highest BCUT2D eigenvalue weighted by atomic mass is 16.6. The summed E-state index contributed by atoms with van der Waals surface area (Å²) >= 11 is 0. The van der Waals surface area contributed by atoms with Crippen LogP contribution in [0.25, 0.3) is 0 Å². The molecule has 2 saturated carbocycles. The summed E-state index contributed by atoms with van der Waals surface area (Å²) in [7, 11) is 0. The van der Waals surface area contributed by atoms with Crippen LogP contribution in [0.5, 0.6) is 0 Å². The Morgan fingerprint density at radius 2 is 1.83 bits per heavy atom. The van der Waals surface area contributed by atoms with E-state index in [-0.39, 0.29) is 0 Å². The van der Waals surface area contributed by atoms with E-state index in [2.05, 4.69) is 0 Å². The monoisotopic (exact) mass is 330 g/mol. The predicted octanol–water partition coefficient (Wildman–Crippen LogP) is 0.598. The molecule has 134 valence electrons. The van der Waals surface area contributed by atoms with E-state index in [0.29, 0.717) is 19.3 Å². The van der Waals surface area contributed by atoms with Gasteiger partial charge in [-0.2, -0.15) is 0 Å². The van der Waals surface area contributed by atoms with Gasteiger partial charge in [0.2, 0.25) is 0 Å². The molecule has 0 aromatic heterocycles. The molecule has 0 unspecified atom stereocenters. The van der Waals surface area contributed by atoms with Gasteiger partial charge in [-0.25, -0.2) is 0 Å². The summed E-state index contributed by atoms with van der Waals surface area (Å²) in [6.45, 7) is 7.94. The molecule has 0 bridgehead atoms. The van der Waals surface area contributed by atoms with E-state index in [1.165, 1.54) is 6.92 Å². The second-order valence-corrected chi connectivity index (χ2v) is 8.35. The van der Waals surface area contributed by atoms with E-state index in [0.717, 1.165) is 0 Å². The number of carbonyl (C=O) groups is 1. The average Bonchev–Trinajstić information content (AvgIpc) is 2.38. The van der Waals surface area contributed by atoms with Gasteiger partial charge in [0, 0.05) is 18.3 Å². The maximum absolute atomic E-state index is 11.5. The van der Waals surface area contributed by atoms with Crippen molar-refractivity contribution in [3.63, 3.8) is 0 Å². The van der Waals surface area contributed by atoms with Crippen LogP contribution < -0.4 is 0 Å². The zero-order valence-corrected chi connectivity index (χ0v) is 14.6. The third-order valence-corrected chi connectivity index (χ3v) is 6.22. The molecule has 23 heavy (non-hydrogen) atoms. The van der Waals surface area contributed by atoms with Crippen LogP contribution in [-0.2, 0) is 9.53 Å². The van der Waals surface area contributed by atoms with Gasteiger partial charge in [0.05, 0.1) is 23.4 Å². The van der Waals surface area contributed by atoms with Gasteiger partial charge in [-0.3, -0.25) is 4.79 Å². The standard InChI is InChI=1S/C17H30O6/c1-9(18)23-13-10(15(2,3)21)8-11-16(4,14(13)20)7-6-12(19)17(11,5)22/h10-14,19-22H,6-8H2,1-5H3/t10-,11-,12+,13-,14+,16+,17+/m1/s1. The fourth-order valence-electron chi connectivity index (χ4n) is 4.69. The van der Waals surface area contributed by atoms with Crippen molar-refractivity contribution in [1.29, 1.82) is 0 Å². The van der Waals surface area contributed by atoms with Crippen molar-refractivity contribution in [2.75, 3.05) is 0 Å². The highest BCUT2D eigenvalue weighted by molar-refractivity contribution is 5.66. The minimum atomic E-state index is -1.36. The molecule has 0 saturated heterocycles. The lowest BCUT2D eigenvalue weighted by molar-refractivity contribution is -0.257. The molecule has 2 fully saturated rings. The molecule has 0 aromatic carbocycles. The second-order valence-electron chi connectivity index (χ2n) is 8.35. The Balaban J connectivity index is 2.46. The Morgan fingerprint density at radius 3 is 2.30 bits per heavy atom. The molecule has 0 radical (unpaired) electrons. The van der Waals surface area contributed by atoms with Crippen LogP contribution in [0.4, 0.5) is 0 Å². The number of aliphatic hydroxyl groups excluding tert-OH is 2. The van der Waals surface area contributed by atoms with Gasteiger partial charge >= 0.3 is 5.97 Å². The van der Waals surface area contributed by atoms with E-state index in [1.54, 1.807) is 20.8 Å². The number of carbonyl (C=O) groups excluding carboxylic acids is 1.